The maximum absolute atomic E-state index is 11.3. The number of rotatable bonds is 1. The summed E-state index contributed by atoms with van der Waals surface area (Å²) in [6.07, 6.45) is 0. The van der Waals surface area contributed by atoms with Gasteiger partial charge in [0.2, 0.25) is 0 Å². The number of hydrogen-bond acceptors (Lipinski definition) is 3. The van der Waals surface area contributed by atoms with Crippen molar-refractivity contribution in [2.75, 3.05) is 0 Å². The molecule has 0 saturated carbocycles. The molecule has 0 aliphatic heterocycles. The van der Waals surface area contributed by atoms with Crippen LogP contribution in [0.5, 0.6) is 0 Å². The summed E-state index contributed by atoms with van der Waals surface area (Å²) in [6, 6.07) is 0.869. The van der Waals surface area contributed by atoms with Crippen LogP contribution in [0.4, 0.5) is 0 Å². The Morgan fingerprint density at radius 2 is 2.00 bits per heavy atom. The molecule has 7 heteroatoms. The molecule has 0 aromatic carbocycles. The van der Waals surface area contributed by atoms with Gasteiger partial charge in [-0.3, -0.25) is 19.8 Å². The van der Waals surface area contributed by atoms with Gasteiger partial charge in [-0.1, -0.05) is 0 Å². The topological polar surface area (TPSA) is 119 Å². The largest absolute Gasteiger partial charge is 0.477 e. The first kappa shape index (κ1) is 8.30. The van der Waals surface area contributed by atoms with Crippen molar-refractivity contribution in [3.8, 4) is 0 Å². The van der Waals surface area contributed by atoms with Gasteiger partial charge in [0, 0.05) is 6.07 Å². The van der Waals surface area contributed by atoms with Crippen LogP contribution in [0.25, 0.3) is 11.0 Å². The first-order valence-electron chi connectivity index (χ1n) is 3.66. The highest BCUT2D eigenvalue weighted by atomic mass is 16.4. The summed E-state index contributed by atoms with van der Waals surface area (Å²) in [5.41, 5.74) is -1.38. The number of fused-ring (bicyclic) bond motifs is 1. The van der Waals surface area contributed by atoms with Gasteiger partial charge in [-0.05, 0) is 0 Å². The van der Waals surface area contributed by atoms with Crippen LogP contribution in [0, 0.1) is 0 Å². The summed E-state index contributed by atoms with van der Waals surface area (Å²) in [4.78, 5) is 35.2. The van der Waals surface area contributed by atoms with Gasteiger partial charge in [0.05, 0.1) is 0 Å². The molecule has 0 amide bonds. The molecular weight excluding hydrogens is 190 g/mol. The number of carboxylic acids is 1. The number of pyridine rings is 1. The van der Waals surface area contributed by atoms with Crippen LogP contribution >= 0.6 is 0 Å². The molecule has 0 bridgehead atoms. The Morgan fingerprint density at radius 3 is 2.64 bits per heavy atom. The standard InChI is InChI=1S/C7H5N3O4/c11-3-1-2(7(13)14)8-5-4(3)6(12)10-9-5/h1H,(H,13,14)(H3,8,9,10,11,12). The number of aromatic amines is 3. The molecule has 0 aliphatic rings. The van der Waals surface area contributed by atoms with E-state index in [1.807, 2.05) is 0 Å². The van der Waals surface area contributed by atoms with Crippen molar-refractivity contribution >= 4 is 17.0 Å². The highest BCUT2D eigenvalue weighted by molar-refractivity contribution is 5.88. The zero-order valence-electron chi connectivity index (χ0n) is 6.75. The van der Waals surface area contributed by atoms with E-state index >= 15 is 0 Å². The molecule has 14 heavy (non-hydrogen) atoms. The predicted octanol–water partition coefficient (Wildman–Crippen LogP) is -0.757. The molecule has 0 radical (unpaired) electrons. The molecule has 7 nitrogen and oxygen atoms in total. The minimum atomic E-state index is -1.26. The van der Waals surface area contributed by atoms with E-state index < -0.39 is 17.0 Å². The van der Waals surface area contributed by atoms with Gasteiger partial charge in [0.1, 0.15) is 16.7 Å². The monoisotopic (exact) mass is 195 g/mol. The summed E-state index contributed by atoms with van der Waals surface area (Å²) < 4.78 is 0. The van der Waals surface area contributed by atoms with Crippen LogP contribution in [0.3, 0.4) is 0 Å². The van der Waals surface area contributed by atoms with Crippen LogP contribution in [0.2, 0.25) is 0 Å². The fourth-order valence-electron chi connectivity index (χ4n) is 1.18. The number of nitrogens with one attached hydrogen (secondary N) is 3. The van der Waals surface area contributed by atoms with E-state index in [0.29, 0.717) is 0 Å². The van der Waals surface area contributed by atoms with Crippen molar-refractivity contribution in [3.63, 3.8) is 0 Å². The third-order valence-corrected chi connectivity index (χ3v) is 1.79. The molecule has 0 saturated heterocycles. The third kappa shape index (κ3) is 1.03. The van der Waals surface area contributed by atoms with Crippen molar-refractivity contribution in [1.29, 1.82) is 0 Å². The second kappa shape index (κ2) is 2.59. The maximum atomic E-state index is 11.3. The van der Waals surface area contributed by atoms with Gasteiger partial charge in [-0.15, -0.1) is 0 Å². The van der Waals surface area contributed by atoms with E-state index in [9.17, 15) is 14.4 Å². The van der Waals surface area contributed by atoms with Gasteiger partial charge >= 0.3 is 5.97 Å². The molecule has 0 unspecified atom stereocenters. The molecule has 0 fully saturated rings. The minimum absolute atomic E-state index is 0.0832. The Kier molecular flexibility index (Phi) is 1.53. The molecule has 2 rings (SSSR count). The Hall–Kier alpha value is -2.31. The van der Waals surface area contributed by atoms with Gasteiger partial charge < -0.3 is 10.1 Å². The average molecular weight is 195 g/mol. The molecule has 2 aromatic heterocycles. The SMILES string of the molecule is O=C(O)c1cc(=O)c2c(=O)[nH][nH]c2[nH]1. The van der Waals surface area contributed by atoms with Crippen LogP contribution in [-0.4, -0.2) is 26.3 Å². The Labute approximate surface area is 75.4 Å². The van der Waals surface area contributed by atoms with Crippen molar-refractivity contribution in [2.45, 2.75) is 0 Å². The number of H-pyrrole nitrogens is 3. The van der Waals surface area contributed by atoms with E-state index in [4.69, 9.17) is 5.11 Å². The summed E-state index contributed by atoms with van der Waals surface area (Å²) in [5, 5.41) is 13.0. The third-order valence-electron chi connectivity index (χ3n) is 1.79. The zero-order valence-corrected chi connectivity index (χ0v) is 6.75. The van der Waals surface area contributed by atoms with Crippen LogP contribution < -0.4 is 11.0 Å². The maximum Gasteiger partial charge on any atom is 0.352 e. The number of carbonyl (C=O) groups is 1. The molecule has 4 N–H and O–H groups in total. The molecule has 0 aliphatic carbocycles. The minimum Gasteiger partial charge on any atom is -0.477 e. The number of aromatic nitrogens is 3. The lowest BCUT2D eigenvalue weighted by Crippen LogP contribution is -2.13. The van der Waals surface area contributed by atoms with E-state index in [0.717, 1.165) is 6.07 Å². The van der Waals surface area contributed by atoms with E-state index in [1.165, 1.54) is 0 Å². The average Bonchev–Trinajstić information content (AvgIpc) is 2.48. The second-order valence-corrected chi connectivity index (χ2v) is 2.68. The van der Waals surface area contributed by atoms with E-state index in [2.05, 4.69) is 15.2 Å². The quantitative estimate of drug-likeness (QED) is 0.478. The summed E-state index contributed by atoms with van der Waals surface area (Å²) >= 11 is 0. The van der Waals surface area contributed by atoms with E-state index in [1.54, 1.807) is 0 Å². The Balaban J connectivity index is 2.95. The molecule has 2 aromatic rings. The summed E-state index contributed by atoms with van der Waals surface area (Å²) in [5.74, 6) is -1.26. The molecular formula is C7H5N3O4. The molecule has 0 atom stereocenters. The zero-order chi connectivity index (χ0) is 10.3. The smallest absolute Gasteiger partial charge is 0.352 e. The van der Waals surface area contributed by atoms with Crippen molar-refractivity contribution < 1.29 is 9.90 Å². The number of carboxylic acid groups (broad SMARTS) is 1. The Morgan fingerprint density at radius 1 is 1.29 bits per heavy atom. The second-order valence-electron chi connectivity index (χ2n) is 2.68. The fraction of sp³-hybridized carbons (Fsp3) is 0. The summed E-state index contributed by atoms with van der Waals surface area (Å²) in [6.45, 7) is 0. The van der Waals surface area contributed by atoms with Gasteiger partial charge in [0.15, 0.2) is 5.43 Å². The lowest BCUT2D eigenvalue weighted by Gasteiger charge is -1.93. The van der Waals surface area contributed by atoms with Crippen LogP contribution in [0.15, 0.2) is 15.7 Å². The summed E-state index contributed by atoms with van der Waals surface area (Å²) in [7, 11) is 0. The number of aromatic carboxylic acids is 1. The highest BCUT2D eigenvalue weighted by Gasteiger charge is 2.10. The highest BCUT2D eigenvalue weighted by Crippen LogP contribution is 1.98. The van der Waals surface area contributed by atoms with Crippen LogP contribution in [-0.2, 0) is 0 Å². The normalized spacial score (nSPS) is 10.6. The Bertz CT molecular complexity index is 618. The van der Waals surface area contributed by atoms with Crippen molar-refractivity contribution in [3.05, 3.63) is 32.3 Å². The van der Waals surface area contributed by atoms with Gasteiger partial charge in [-0.25, -0.2) is 4.79 Å². The van der Waals surface area contributed by atoms with Crippen LogP contribution in [0.1, 0.15) is 10.5 Å². The molecule has 2 heterocycles. The van der Waals surface area contributed by atoms with Crippen molar-refractivity contribution in [2.24, 2.45) is 0 Å². The van der Waals surface area contributed by atoms with E-state index in [-0.39, 0.29) is 16.7 Å². The first-order chi connectivity index (χ1) is 6.59. The molecule has 0 spiro atoms. The van der Waals surface area contributed by atoms with Gasteiger partial charge in [-0.2, -0.15) is 0 Å². The molecule has 72 valence electrons. The lowest BCUT2D eigenvalue weighted by atomic mass is 10.3. The first-order valence-corrected chi connectivity index (χ1v) is 3.66. The van der Waals surface area contributed by atoms with Gasteiger partial charge in [0.25, 0.3) is 5.56 Å². The number of hydrogen-bond donors (Lipinski definition) is 4. The fourth-order valence-corrected chi connectivity index (χ4v) is 1.18. The lowest BCUT2D eigenvalue weighted by molar-refractivity contribution is 0.0691. The van der Waals surface area contributed by atoms with Crippen molar-refractivity contribution in [1.82, 2.24) is 15.2 Å². The predicted molar refractivity (Wildman–Crippen MR) is 46.5 cm³/mol.